The maximum atomic E-state index is 12.3. The third-order valence-electron chi connectivity index (χ3n) is 4.33. The van der Waals surface area contributed by atoms with E-state index in [9.17, 15) is 9.59 Å². The maximum Gasteiger partial charge on any atom is 0.317 e. The minimum absolute atomic E-state index is 0.0489. The molecule has 0 aromatic heterocycles. The Morgan fingerprint density at radius 2 is 2.12 bits per heavy atom. The number of ether oxygens (including phenoxy) is 2. The van der Waals surface area contributed by atoms with E-state index in [1.807, 2.05) is 13.0 Å². The second-order valence-electron chi connectivity index (χ2n) is 5.99. The number of likely N-dealkylation sites (N-methyl/N-ethyl adjacent to an activating group) is 1. The van der Waals surface area contributed by atoms with E-state index in [4.69, 9.17) is 14.6 Å². The lowest BCUT2D eigenvalue weighted by molar-refractivity contribution is -0.117. The van der Waals surface area contributed by atoms with Crippen molar-refractivity contribution >= 4 is 17.6 Å². The predicted octanol–water partition coefficient (Wildman–Crippen LogP) is 0.587. The van der Waals surface area contributed by atoms with Gasteiger partial charge in [0.25, 0.3) is 0 Å². The molecular formula is C17H23N3O5. The lowest BCUT2D eigenvalue weighted by atomic mass is 10.2. The zero-order valence-electron chi connectivity index (χ0n) is 14.2. The van der Waals surface area contributed by atoms with Crippen molar-refractivity contribution in [2.75, 3.05) is 44.4 Å². The quantitative estimate of drug-likeness (QED) is 0.812. The normalized spacial score (nSPS) is 19.0. The monoisotopic (exact) mass is 349 g/mol. The molecule has 1 unspecified atom stereocenters. The molecule has 2 heterocycles. The van der Waals surface area contributed by atoms with Crippen LogP contribution in [0.5, 0.6) is 11.5 Å². The van der Waals surface area contributed by atoms with E-state index >= 15 is 0 Å². The van der Waals surface area contributed by atoms with Crippen molar-refractivity contribution < 1.29 is 24.2 Å². The summed E-state index contributed by atoms with van der Waals surface area (Å²) in [6, 6.07) is 4.88. The van der Waals surface area contributed by atoms with Crippen LogP contribution in [0.25, 0.3) is 0 Å². The molecule has 25 heavy (non-hydrogen) atoms. The average Bonchev–Trinajstić information content (AvgIpc) is 2.99. The number of carbonyl (C=O) groups is 2. The van der Waals surface area contributed by atoms with Crippen LogP contribution >= 0.6 is 0 Å². The first kappa shape index (κ1) is 17.3. The maximum absolute atomic E-state index is 12.3. The molecule has 0 bridgehead atoms. The summed E-state index contributed by atoms with van der Waals surface area (Å²) in [4.78, 5) is 27.7. The summed E-state index contributed by atoms with van der Waals surface area (Å²) in [6.45, 7) is 3.94. The van der Waals surface area contributed by atoms with Crippen molar-refractivity contribution in [3.8, 4) is 11.5 Å². The number of amides is 3. The number of hydrogen-bond acceptors (Lipinski definition) is 5. The van der Waals surface area contributed by atoms with E-state index in [1.54, 1.807) is 17.0 Å². The summed E-state index contributed by atoms with van der Waals surface area (Å²) in [7, 11) is 0. The molecule has 3 amide bonds. The largest absolute Gasteiger partial charge is 0.486 e. The SMILES string of the molecule is CCN(CCO)C(=O)NC1CC(=O)N(c2ccc3c(c2)OCCO3)C1. The molecule has 1 atom stereocenters. The molecule has 136 valence electrons. The number of hydrogen-bond donors (Lipinski definition) is 2. The van der Waals surface area contributed by atoms with Gasteiger partial charge in [0, 0.05) is 37.8 Å². The lowest BCUT2D eigenvalue weighted by Crippen LogP contribution is -2.46. The van der Waals surface area contributed by atoms with Crippen molar-refractivity contribution in [1.29, 1.82) is 0 Å². The fraction of sp³-hybridized carbons (Fsp3) is 0.529. The molecular weight excluding hydrogens is 326 g/mol. The van der Waals surface area contributed by atoms with E-state index in [2.05, 4.69) is 5.32 Å². The highest BCUT2D eigenvalue weighted by atomic mass is 16.6. The topological polar surface area (TPSA) is 91.3 Å². The summed E-state index contributed by atoms with van der Waals surface area (Å²) < 4.78 is 11.1. The molecule has 8 heteroatoms. The Morgan fingerprint density at radius 1 is 1.36 bits per heavy atom. The van der Waals surface area contributed by atoms with E-state index in [0.29, 0.717) is 37.8 Å². The Bertz CT molecular complexity index is 651. The molecule has 0 aliphatic carbocycles. The Hall–Kier alpha value is -2.48. The van der Waals surface area contributed by atoms with Crippen LogP contribution in [0.1, 0.15) is 13.3 Å². The van der Waals surface area contributed by atoms with Gasteiger partial charge in [-0.25, -0.2) is 4.79 Å². The highest BCUT2D eigenvalue weighted by Crippen LogP contribution is 2.35. The average molecular weight is 349 g/mol. The molecule has 3 rings (SSSR count). The van der Waals surface area contributed by atoms with Crippen LogP contribution in [0, 0.1) is 0 Å². The van der Waals surface area contributed by atoms with Gasteiger partial charge in [-0.2, -0.15) is 0 Å². The third-order valence-corrected chi connectivity index (χ3v) is 4.33. The Labute approximate surface area is 146 Å². The number of fused-ring (bicyclic) bond motifs is 1. The Kier molecular flexibility index (Phi) is 5.28. The summed E-state index contributed by atoms with van der Waals surface area (Å²) in [5, 5.41) is 11.9. The highest BCUT2D eigenvalue weighted by molar-refractivity contribution is 5.97. The number of nitrogens with one attached hydrogen (secondary N) is 1. The number of urea groups is 1. The van der Waals surface area contributed by atoms with Crippen LogP contribution in [0.4, 0.5) is 10.5 Å². The van der Waals surface area contributed by atoms with Gasteiger partial charge in [-0.15, -0.1) is 0 Å². The molecule has 0 saturated carbocycles. The van der Waals surface area contributed by atoms with Crippen LogP contribution < -0.4 is 19.7 Å². The van der Waals surface area contributed by atoms with Crippen LogP contribution in [0.3, 0.4) is 0 Å². The van der Waals surface area contributed by atoms with Crippen molar-refractivity contribution in [3.63, 3.8) is 0 Å². The Balaban J connectivity index is 1.65. The molecule has 0 radical (unpaired) electrons. The Morgan fingerprint density at radius 3 is 2.84 bits per heavy atom. The minimum Gasteiger partial charge on any atom is -0.486 e. The number of rotatable bonds is 5. The number of carbonyl (C=O) groups excluding carboxylic acids is 2. The van der Waals surface area contributed by atoms with Crippen molar-refractivity contribution in [2.45, 2.75) is 19.4 Å². The molecule has 2 N–H and O–H groups in total. The number of nitrogens with zero attached hydrogens (tertiary/aromatic N) is 2. The second-order valence-corrected chi connectivity index (χ2v) is 5.99. The smallest absolute Gasteiger partial charge is 0.317 e. The van der Waals surface area contributed by atoms with E-state index in [1.165, 1.54) is 4.90 Å². The van der Waals surface area contributed by atoms with Crippen molar-refractivity contribution in [2.24, 2.45) is 0 Å². The minimum atomic E-state index is -0.265. The van der Waals surface area contributed by atoms with Crippen molar-refractivity contribution in [1.82, 2.24) is 10.2 Å². The van der Waals surface area contributed by atoms with Gasteiger partial charge in [0.05, 0.1) is 12.6 Å². The van der Waals surface area contributed by atoms with Gasteiger partial charge in [-0.05, 0) is 19.1 Å². The zero-order chi connectivity index (χ0) is 17.8. The van der Waals surface area contributed by atoms with Gasteiger partial charge in [0.1, 0.15) is 13.2 Å². The van der Waals surface area contributed by atoms with Crippen molar-refractivity contribution in [3.05, 3.63) is 18.2 Å². The molecule has 1 aromatic carbocycles. The molecule has 1 saturated heterocycles. The lowest BCUT2D eigenvalue weighted by Gasteiger charge is -2.24. The van der Waals surface area contributed by atoms with Crippen LogP contribution in [-0.2, 0) is 4.79 Å². The number of aliphatic hydroxyl groups excluding tert-OH is 1. The van der Waals surface area contributed by atoms with Crippen LogP contribution in [-0.4, -0.2) is 67.4 Å². The predicted molar refractivity (Wildman–Crippen MR) is 91.1 cm³/mol. The van der Waals surface area contributed by atoms with E-state index < -0.39 is 0 Å². The van der Waals surface area contributed by atoms with Gasteiger partial charge in [0.15, 0.2) is 11.5 Å². The first-order chi connectivity index (χ1) is 12.1. The van der Waals surface area contributed by atoms with E-state index in [-0.39, 0.29) is 37.6 Å². The first-order valence-electron chi connectivity index (χ1n) is 8.48. The first-order valence-corrected chi connectivity index (χ1v) is 8.48. The molecule has 2 aliphatic heterocycles. The molecule has 1 fully saturated rings. The molecule has 2 aliphatic rings. The van der Waals surface area contributed by atoms with Gasteiger partial charge in [0.2, 0.25) is 5.91 Å². The standard InChI is InChI=1S/C17H23N3O5/c1-2-19(5-6-21)17(23)18-12-9-16(22)20(11-12)13-3-4-14-15(10-13)25-8-7-24-14/h3-4,10,12,21H,2,5-9,11H2,1H3,(H,18,23). The van der Waals surface area contributed by atoms with Gasteiger partial charge in [-0.1, -0.05) is 0 Å². The third kappa shape index (κ3) is 3.79. The highest BCUT2D eigenvalue weighted by Gasteiger charge is 2.33. The molecule has 1 aromatic rings. The van der Waals surface area contributed by atoms with Crippen LogP contribution in [0.2, 0.25) is 0 Å². The number of benzene rings is 1. The summed E-state index contributed by atoms with van der Waals surface area (Å²) in [6.07, 6.45) is 0.247. The van der Waals surface area contributed by atoms with Gasteiger partial charge >= 0.3 is 6.03 Å². The zero-order valence-corrected chi connectivity index (χ0v) is 14.2. The number of aliphatic hydroxyl groups is 1. The van der Waals surface area contributed by atoms with Crippen LogP contribution in [0.15, 0.2) is 18.2 Å². The fourth-order valence-electron chi connectivity index (χ4n) is 3.04. The number of anilines is 1. The summed E-state index contributed by atoms with van der Waals surface area (Å²) in [5.41, 5.74) is 0.730. The fourth-order valence-corrected chi connectivity index (χ4v) is 3.04. The molecule has 8 nitrogen and oxygen atoms in total. The van der Waals surface area contributed by atoms with E-state index in [0.717, 1.165) is 5.69 Å². The second kappa shape index (κ2) is 7.60. The summed E-state index contributed by atoms with van der Waals surface area (Å²) >= 11 is 0. The van der Waals surface area contributed by atoms with Gasteiger partial charge in [-0.3, -0.25) is 4.79 Å². The molecule has 0 spiro atoms. The van der Waals surface area contributed by atoms with Gasteiger partial charge < -0.3 is 29.7 Å². The summed E-state index contributed by atoms with van der Waals surface area (Å²) in [5.74, 6) is 1.26.